The second-order valence-corrected chi connectivity index (χ2v) is 5.64. The average Bonchev–Trinajstić information content (AvgIpc) is 2.61. The van der Waals surface area contributed by atoms with Gasteiger partial charge in [-0.1, -0.05) is 54.6 Å². The van der Waals surface area contributed by atoms with Gasteiger partial charge in [0.15, 0.2) is 6.20 Å². The Morgan fingerprint density at radius 3 is 2.35 bits per heavy atom. The van der Waals surface area contributed by atoms with Crippen molar-refractivity contribution in [1.82, 2.24) is 0 Å². The maximum Gasteiger partial charge on any atom is 0.228 e. The van der Waals surface area contributed by atoms with Gasteiger partial charge in [-0.25, -0.2) is 0 Å². The molecular formula is C21H16NO+. The molecule has 110 valence electrons. The number of Topliss-reactive ketones (excluding diaryl/α,β-unsaturated/α-hetero) is 1. The van der Waals surface area contributed by atoms with Gasteiger partial charge in [-0.05, 0) is 22.9 Å². The van der Waals surface area contributed by atoms with E-state index in [1.165, 1.54) is 0 Å². The lowest BCUT2D eigenvalue weighted by Crippen LogP contribution is -2.38. The maximum absolute atomic E-state index is 12.9. The van der Waals surface area contributed by atoms with Crippen LogP contribution in [0.25, 0.3) is 21.7 Å². The van der Waals surface area contributed by atoms with Gasteiger partial charge in [0.25, 0.3) is 0 Å². The van der Waals surface area contributed by atoms with Crippen LogP contribution in [0.15, 0.2) is 85.1 Å². The molecule has 0 amide bonds. The summed E-state index contributed by atoms with van der Waals surface area (Å²) in [5.74, 6) is 0.128. The number of carbonyl (C=O) groups is 1. The summed E-state index contributed by atoms with van der Waals surface area (Å²) in [7, 11) is 0. The van der Waals surface area contributed by atoms with E-state index in [2.05, 4.69) is 12.1 Å². The molecule has 0 bridgehead atoms. The van der Waals surface area contributed by atoms with Crippen molar-refractivity contribution in [2.75, 3.05) is 0 Å². The SMILES string of the molecule is O=C(C[n+]1cccc2ccccc21)c1cccc2ccccc12. The minimum atomic E-state index is 0.128. The van der Waals surface area contributed by atoms with E-state index in [1.807, 2.05) is 77.5 Å². The Kier molecular flexibility index (Phi) is 3.35. The first kappa shape index (κ1) is 13.6. The van der Waals surface area contributed by atoms with E-state index in [0.29, 0.717) is 6.54 Å². The molecule has 4 aromatic rings. The van der Waals surface area contributed by atoms with E-state index < -0.39 is 0 Å². The fourth-order valence-electron chi connectivity index (χ4n) is 3.07. The molecule has 0 radical (unpaired) electrons. The summed E-state index contributed by atoms with van der Waals surface area (Å²) in [5, 5.41) is 3.25. The molecule has 0 aliphatic rings. The van der Waals surface area contributed by atoms with Gasteiger partial charge >= 0.3 is 0 Å². The van der Waals surface area contributed by atoms with Gasteiger partial charge in [0.1, 0.15) is 0 Å². The Balaban J connectivity index is 1.77. The summed E-state index contributed by atoms with van der Waals surface area (Å²) in [6.45, 7) is 0.343. The predicted molar refractivity (Wildman–Crippen MR) is 92.4 cm³/mol. The molecule has 0 spiro atoms. The third-order valence-electron chi connectivity index (χ3n) is 4.19. The molecule has 0 fully saturated rings. The van der Waals surface area contributed by atoms with E-state index in [-0.39, 0.29) is 5.78 Å². The summed E-state index contributed by atoms with van der Waals surface area (Å²) >= 11 is 0. The first-order valence-corrected chi connectivity index (χ1v) is 7.71. The first-order valence-electron chi connectivity index (χ1n) is 7.71. The molecule has 0 saturated heterocycles. The highest BCUT2D eigenvalue weighted by Gasteiger charge is 2.16. The quantitative estimate of drug-likeness (QED) is 0.411. The third-order valence-corrected chi connectivity index (χ3v) is 4.19. The zero-order valence-corrected chi connectivity index (χ0v) is 12.6. The van der Waals surface area contributed by atoms with Crippen LogP contribution in [0, 0.1) is 0 Å². The fourth-order valence-corrected chi connectivity index (χ4v) is 3.07. The number of benzene rings is 3. The minimum absolute atomic E-state index is 0.128. The molecule has 3 aromatic carbocycles. The Hall–Kier alpha value is -3.00. The van der Waals surface area contributed by atoms with Crippen LogP contribution in [-0.2, 0) is 6.54 Å². The van der Waals surface area contributed by atoms with Crippen molar-refractivity contribution < 1.29 is 9.36 Å². The Morgan fingerprint density at radius 1 is 0.739 bits per heavy atom. The highest BCUT2D eigenvalue weighted by atomic mass is 16.1. The van der Waals surface area contributed by atoms with Crippen molar-refractivity contribution in [3.05, 3.63) is 90.6 Å². The van der Waals surface area contributed by atoms with Crippen LogP contribution >= 0.6 is 0 Å². The highest BCUT2D eigenvalue weighted by molar-refractivity contribution is 6.07. The fraction of sp³-hybridized carbons (Fsp3) is 0.0476. The highest BCUT2D eigenvalue weighted by Crippen LogP contribution is 2.19. The smallest absolute Gasteiger partial charge is 0.228 e. The summed E-state index contributed by atoms with van der Waals surface area (Å²) in [5.41, 5.74) is 1.85. The third kappa shape index (κ3) is 2.49. The van der Waals surface area contributed by atoms with Crippen LogP contribution in [0.4, 0.5) is 0 Å². The lowest BCUT2D eigenvalue weighted by Gasteiger charge is -2.05. The van der Waals surface area contributed by atoms with Crippen LogP contribution in [-0.4, -0.2) is 5.78 Å². The molecule has 1 heterocycles. The van der Waals surface area contributed by atoms with Crippen LogP contribution < -0.4 is 4.57 Å². The second-order valence-electron chi connectivity index (χ2n) is 5.64. The van der Waals surface area contributed by atoms with Crippen molar-refractivity contribution in [3.63, 3.8) is 0 Å². The van der Waals surface area contributed by atoms with E-state index in [9.17, 15) is 4.79 Å². The molecule has 0 saturated carbocycles. The molecule has 0 atom stereocenters. The first-order chi connectivity index (χ1) is 11.3. The van der Waals surface area contributed by atoms with Crippen LogP contribution in [0.2, 0.25) is 0 Å². The van der Waals surface area contributed by atoms with E-state index in [0.717, 1.165) is 27.2 Å². The number of rotatable bonds is 3. The van der Waals surface area contributed by atoms with Crippen LogP contribution in [0.1, 0.15) is 10.4 Å². The number of pyridine rings is 1. The number of ketones is 1. The molecule has 0 aliphatic carbocycles. The normalized spacial score (nSPS) is 11.0. The average molecular weight is 298 g/mol. The van der Waals surface area contributed by atoms with Gasteiger partial charge < -0.3 is 0 Å². The van der Waals surface area contributed by atoms with E-state index in [4.69, 9.17) is 0 Å². The Labute approximate surface area is 134 Å². The molecule has 4 rings (SSSR count). The predicted octanol–water partition coefficient (Wildman–Crippen LogP) is 4.16. The Morgan fingerprint density at radius 2 is 1.43 bits per heavy atom. The van der Waals surface area contributed by atoms with Gasteiger partial charge in [0.05, 0.1) is 0 Å². The number of nitrogens with zero attached hydrogens (tertiary/aromatic N) is 1. The van der Waals surface area contributed by atoms with Gasteiger partial charge in [0.2, 0.25) is 17.8 Å². The maximum atomic E-state index is 12.9. The molecule has 23 heavy (non-hydrogen) atoms. The number of fused-ring (bicyclic) bond motifs is 2. The lowest BCUT2D eigenvalue weighted by atomic mass is 10.0. The number of hydrogen-bond donors (Lipinski definition) is 0. The summed E-state index contributed by atoms with van der Waals surface area (Å²) < 4.78 is 2.01. The molecule has 0 aliphatic heterocycles. The molecule has 2 nitrogen and oxygen atoms in total. The number of para-hydroxylation sites is 1. The Bertz CT molecular complexity index is 1010. The zero-order valence-electron chi connectivity index (χ0n) is 12.6. The molecule has 1 aromatic heterocycles. The van der Waals surface area contributed by atoms with Gasteiger partial charge in [-0.2, -0.15) is 4.57 Å². The van der Waals surface area contributed by atoms with Gasteiger partial charge in [0, 0.05) is 23.1 Å². The molecular weight excluding hydrogens is 282 g/mol. The zero-order chi connectivity index (χ0) is 15.6. The number of hydrogen-bond acceptors (Lipinski definition) is 1. The summed E-state index contributed by atoms with van der Waals surface area (Å²) in [6, 6.07) is 26.1. The van der Waals surface area contributed by atoms with Crippen molar-refractivity contribution in [2.24, 2.45) is 0 Å². The van der Waals surface area contributed by atoms with Crippen LogP contribution in [0.5, 0.6) is 0 Å². The topological polar surface area (TPSA) is 20.9 Å². The van der Waals surface area contributed by atoms with Crippen molar-refractivity contribution in [1.29, 1.82) is 0 Å². The lowest BCUT2D eigenvalue weighted by molar-refractivity contribution is -0.657. The summed E-state index contributed by atoms with van der Waals surface area (Å²) in [4.78, 5) is 12.9. The second kappa shape index (κ2) is 5.65. The van der Waals surface area contributed by atoms with Gasteiger partial charge in [-0.3, -0.25) is 4.79 Å². The van der Waals surface area contributed by atoms with Gasteiger partial charge in [-0.15, -0.1) is 0 Å². The minimum Gasteiger partial charge on any atom is -0.287 e. The molecule has 0 N–H and O–H groups in total. The van der Waals surface area contributed by atoms with Crippen molar-refractivity contribution >= 4 is 27.5 Å². The van der Waals surface area contributed by atoms with Crippen LogP contribution in [0.3, 0.4) is 0 Å². The number of carbonyl (C=O) groups excluding carboxylic acids is 1. The number of aromatic nitrogens is 1. The monoisotopic (exact) mass is 298 g/mol. The largest absolute Gasteiger partial charge is 0.287 e. The molecule has 0 unspecified atom stereocenters. The standard InChI is InChI=1S/C21H16NO/c23-21(19-12-5-9-16-7-1-3-11-18(16)19)15-22-14-6-10-17-8-2-4-13-20(17)22/h1-14H,15H2/q+1. The van der Waals surface area contributed by atoms with Crippen molar-refractivity contribution in [3.8, 4) is 0 Å². The van der Waals surface area contributed by atoms with Crippen molar-refractivity contribution in [2.45, 2.75) is 6.54 Å². The summed E-state index contributed by atoms with van der Waals surface area (Å²) in [6.07, 6.45) is 1.96. The van der Waals surface area contributed by atoms with E-state index >= 15 is 0 Å². The molecule has 2 heteroatoms. The van der Waals surface area contributed by atoms with E-state index in [1.54, 1.807) is 0 Å².